The van der Waals surface area contributed by atoms with Crippen molar-refractivity contribution in [3.63, 3.8) is 0 Å². The van der Waals surface area contributed by atoms with Crippen LogP contribution in [0.4, 0.5) is 0 Å². The van der Waals surface area contributed by atoms with Gasteiger partial charge in [0, 0.05) is 9.49 Å². The highest BCUT2D eigenvalue weighted by molar-refractivity contribution is 14.1. The van der Waals surface area contributed by atoms with E-state index in [0.29, 0.717) is 5.92 Å². The van der Waals surface area contributed by atoms with E-state index in [9.17, 15) is 0 Å². The average Bonchev–Trinajstić information content (AvgIpc) is 2.60. The Bertz CT molecular complexity index is 868. The van der Waals surface area contributed by atoms with Crippen LogP contribution in [0.25, 0.3) is 11.1 Å². The molecular formula is C26H31I. The maximum atomic E-state index is 2.45. The Kier molecular flexibility index (Phi) is 5.72. The summed E-state index contributed by atoms with van der Waals surface area (Å²) in [6.45, 7) is 13.7. The molecule has 1 aliphatic rings. The van der Waals surface area contributed by atoms with E-state index in [4.69, 9.17) is 0 Å². The van der Waals surface area contributed by atoms with Crippen molar-refractivity contribution < 1.29 is 0 Å². The van der Waals surface area contributed by atoms with Crippen molar-refractivity contribution in [1.82, 2.24) is 0 Å². The smallest absolute Gasteiger partial charge is 0.0139 e. The maximum absolute atomic E-state index is 2.45. The first-order valence-electron chi connectivity index (χ1n) is 9.84. The van der Waals surface area contributed by atoms with Crippen molar-refractivity contribution in [2.75, 3.05) is 0 Å². The second kappa shape index (κ2) is 7.58. The number of benzene rings is 2. The largest absolute Gasteiger partial charge is 0.0799 e. The molecule has 2 aromatic rings. The molecule has 0 N–H and O–H groups in total. The van der Waals surface area contributed by atoms with Crippen molar-refractivity contribution >= 4 is 22.6 Å². The quantitative estimate of drug-likeness (QED) is 0.388. The normalized spacial score (nSPS) is 17.7. The van der Waals surface area contributed by atoms with Crippen LogP contribution in [0.2, 0.25) is 0 Å². The van der Waals surface area contributed by atoms with E-state index >= 15 is 0 Å². The third-order valence-corrected chi connectivity index (χ3v) is 6.02. The van der Waals surface area contributed by atoms with E-state index in [1.165, 1.54) is 31.4 Å². The minimum Gasteiger partial charge on any atom is -0.0799 e. The summed E-state index contributed by atoms with van der Waals surface area (Å²) >= 11 is 2.45. The van der Waals surface area contributed by atoms with Crippen molar-refractivity contribution in [2.45, 2.75) is 59.3 Å². The van der Waals surface area contributed by atoms with Crippen molar-refractivity contribution in [1.29, 1.82) is 0 Å². The molecule has 1 aliphatic carbocycles. The summed E-state index contributed by atoms with van der Waals surface area (Å²) in [4.78, 5) is 0. The van der Waals surface area contributed by atoms with Crippen molar-refractivity contribution in [2.24, 2.45) is 5.41 Å². The van der Waals surface area contributed by atoms with Gasteiger partial charge in [-0.1, -0.05) is 90.1 Å². The lowest BCUT2D eigenvalue weighted by Gasteiger charge is -2.25. The molecule has 0 unspecified atom stereocenters. The molecule has 3 rings (SSSR count). The van der Waals surface area contributed by atoms with Crippen LogP contribution < -0.4 is 0 Å². The van der Waals surface area contributed by atoms with Crippen LogP contribution in [0.15, 0.2) is 66.3 Å². The summed E-state index contributed by atoms with van der Waals surface area (Å²) in [6, 6.07) is 16.1. The second-order valence-corrected chi connectivity index (χ2v) is 11.0. The number of allylic oxidation sites excluding steroid dienone is 4. The molecular weight excluding hydrogens is 439 g/mol. The predicted octanol–water partition coefficient (Wildman–Crippen LogP) is 8.27. The van der Waals surface area contributed by atoms with Crippen LogP contribution in [-0.2, 0) is 5.41 Å². The number of rotatable bonds is 2. The highest BCUT2D eigenvalue weighted by Crippen LogP contribution is 2.36. The second-order valence-electron chi connectivity index (χ2n) is 9.71. The van der Waals surface area contributed by atoms with Gasteiger partial charge in [-0.2, -0.15) is 0 Å². The van der Waals surface area contributed by atoms with Gasteiger partial charge in [0.15, 0.2) is 0 Å². The zero-order valence-electron chi connectivity index (χ0n) is 17.4. The van der Waals surface area contributed by atoms with E-state index in [-0.39, 0.29) is 10.8 Å². The molecule has 0 saturated carbocycles. The molecule has 0 saturated heterocycles. The zero-order chi connectivity index (χ0) is 19.8. The molecule has 0 bridgehead atoms. The Morgan fingerprint density at radius 3 is 2.00 bits per heavy atom. The van der Waals surface area contributed by atoms with Gasteiger partial charge in [0.05, 0.1) is 0 Å². The van der Waals surface area contributed by atoms with Crippen LogP contribution in [0, 0.1) is 8.99 Å². The molecule has 0 fully saturated rings. The van der Waals surface area contributed by atoms with Gasteiger partial charge in [-0.05, 0) is 79.8 Å². The van der Waals surface area contributed by atoms with E-state index < -0.39 is 0 Å². The molecule has 1 heteroatoms. The lowest BCUT2D eigenvalue weighted by Crippen LogP contribution is -2.11. The third kappa shape index (κ3) is 4.93. The molecule has 142 valence electrons. The average molecular weight is 470 g/mol. The standard InChI is InChI=1S/C26H31I/c1-25(2,3)22-11-7-18(8-12-22)20-15-21(17-24(27)16-20)19-9-13-23(14-10-19)26(4,5)6/h7-9,11-17,19H,10H2,1-6H3/t19-/m0/s1. The van der Waals surface area contributed by atoms with E-state index in [1.807, 2.05) is 0 Å². The van der Waals surface area contributed by atoms with Crippen molar-refractivity contribution in [3.05, 3.63) is 81.0 Å². The van der Waals surface area contributed by atoms with Gasteiger partial charge < -0.3 is 0 Å². The molecule has 2 aromatic carbocycles. The fourth-order valence-electron chi connectivity index (χ4n) is 3.58. The third-order valence-electron chi connectivity index (χ3n) is 5.40. The molecule has 0 amide bonds. The fraction of sp³-hybridized carbons (Fsp3) is 0.385. The van der Waals surface area contributed by atoms with Gasteiger partial charge in [0.25, 0.3) is 0 Å². The van der Waals surface area contributed by atoms with Crippen LogP contribution in [0.3, 0.4) is 0 Å². The minimum absolute atomic E-state index is 0.193. The Hall–Kier alpha value is -1.35. The SMILES string of the molecule is CC(C)(C)C1=CC[C@@H](c2cc(I)cc(-c3ccc(C(C)(C)C)cc3)c2)C=C1. The van der Waals surface area contributed by atoms with Crippen LogP contribution >= 0.6 is 22.6 Å². The molecule has 0 heterocycles. The summed E-state index contributed by atoms with van der Waals surface area (Å²) in [5.74, 6) is 0.471. The summed E-state index contributed by atoms with van der Waals surface area (Å²) < 4.78 is 1.30. The predicted molar refractivity (Wildman–Crippen MR) is 127 cm³/mol. The number of hydrogen-bond donors (Lipinski definition) is 0. The topological polar surface area (TPSA) is 0 Å². The Labute approximate surface area is 178 Å². The van der Waals surface area contributed by atoms with Gasteiger partial charge in [-0.3, -0.25) is 0 Å². The summed E-state index contributed by atoms with van der Waals surface area (Å²) in [5.41, 5.74) is 7.28. The molecule has 1 atom stereocenters. The highest BCUT2D eigenvalue weighted by atomic mass is 127. The minimum atomic E-state index is 0.193. The first kappa shape index (κ1) is 20.4. The first-order chi connectivity index (χ1) is 12.5. The molecule has 0 radical (unpaired) electrons. The van der Waals surface area contributed by atoms with Gasteiger partial charge in [-0.15, -0.1) is 0 Å². The van der Waals surface area contributed by atoms with Crippen LogP contribution in [-0.4, -0.2) is 0 Å². The Balaban J connectivity index is 1.88. The Morgan fingerprint density at radius 1 is 0.815 bits per heavy atom. The van der Waals surface area contributed by atoms with E-state index in [2.05, 4.69) is 125 Å². The summed E-state index contributed by atoms with van der Waals surface area (Å²) in [6.07, 6.45) is 8.22. The van der Waals surface area contributed by atoms with Gasteiger partial charge in [0.2, 0.25) is 0 Å². The number of hydrogen-bond acceptors (Lipinski definition) is 0. The van der Waals surface area contributed by atoms with Gasteiger partial charge in [-0.25, -0.2) is 0 Å². The van der Waals surface area contributed by atoms with Crippen molar-refractivity contribution in [3.8, 4) is 11.1 Å². The van der Waals surface area contributed by atoms with E-state index in [0.717, 1.165) is 6.42 Å². The molecule has 0 aliphatic heterocycles. The molecule has 27 heavy (non-hydrogen) atoms. The fourth-order valence-corrected chi connectivity index (χ4v) is 4.27. The van der Waals surface area contributed by atoms with E-state index in [1.54, 1.807) is 0 Å². The van der Waals surface area contributed by atoms with Gasteiger partial charge in [0.1, 0.15) is 0 Å². The van der Waals surface area contributed by atoms with Crippen LogP contribution in [0.5, 0.6) is 0 Å². The molecule has 0 aromatic heterocycles. The molecule has 0 spiro atoms. The van der Waals surface area contributed by atoms with Gasteiger partial charge >= 0.3 is 0 Å². The summed E-state index contributed by atoms with van der Waals surface area (Å²) in [5, 5.41) is 0. The molecule has 0 nitrogen and oxygen atoms in total. The lowest BCUT2D eigenvalue weighted by atomic mass is 9.80. The highest BCUT2D eigenvalue weighted by Gasteiger charge is 2.20. The number of halogens is 1. The maximum Gasteiger partial charge on any atom is 0.0139 e. The lowest BCUT2D eigenvalue weighted by molar-refractivity contribution is 0.510. The van der Waals surface area contributed by atoms with Crippen LogP contribution in [0.1, 0.15) is 65.0 Å². The first-order valence-corrected chi connectivity index (χ1v) is 10.9. The monoisotopic (exact) mass is 470 g/mol. The summed E-state index contributed by atoms with van der Waals surface area (Å²) in [7, 11) is 0. The Morgan fingerprint density at radius 2 is 1.48 bits per heavy atom. The zero-order valence-corrected chi connectivity index (χ0v) is 19.6.